The Morgan fingerprint density at radius 2 is 1.95 bits per heavy atom. The molecule has 12 heteroatoms. The van der Waals surface area contributed by atoms with Crippen molar-refractivity contribution in [2.45, 2.75) is 0 Å². The van der Waals surface area contributed by atoms with Gasteiger partial charge in [0, 0.05) is 6.26 Å². The second-order valence-corrected chi connectivity index (χ2v) is 7.80. The van der Waals surface area contributed by atoms with E-state index in [1.165, 1.54) is 0 Å². The minimum atomic E-state index is -3.88. The number of hydrogen-bond acceptors (Lipinski definition) is 7. The number of rotatable bonds is 4. The lowest BCUT2D eigenvalue weighted by molar-refractivity contribution is -0.111. The monoisotopic (exact) mass is 376 g/mol. The number of carbonyl (C=O) groups is 1. The number of nitrogens with zero attached hydrogens (tertiary/aromatic N) is 1. The Morgan fingerprint density at radius 3 is 2.32 bits per heavy atom. The molecule has 0 saturated heterocycles. The van der Waals surface area contributed by atoms with E-state index in [1.54, 1.807) is 0 Å². The summed E-state index contributed by atoms with van der Waals surface area (Å²) in [5.41, 5.74) is 4.98. The number of aromatic nitrogens is 1. The molecule has 1 rings (SSSR count). The van der Waals surface area contributed by atoms with Gasteiger partial charge in [0.05, 0.1) is 16.1 Å². The molecule has 19 heavy (non-hydrogen) atoms. The highest BCUT2D eigenvalue weighted by Gasteiger charge is 2.28. The van der Waals surface area contributed by atoms with Crippen molar-refractivity contribution < 1.29 is 30.7 Å². The van der Waals surface area contributed by atoms with Crippen LogP contribution in [-0.2, 0) is 24.7 Å². The lowest BCUT2D eigenvalue weighted by Crippen LogP contribution is -2.30. The summed E-state index contributed by atoms with van der Waals surface area (Å²) >= 11 is 2.85. The van der Waals surface area contributed by atoms with Crippen LogP contribution >= 0.6 is 15.9 Å². The Balaban J connectivity index is 3.48. The average molecular weight is 377 g/mol. The third kappa shape index (κ3) is 3.92. The summed E-state index contributed by atoms with van der Waals surface area (Å²) in [4.78, 5) is 10.4. The summed E-state index contributed by atoms with van der Waals surface area (Å²) in [6.07, 6.45) is 1.61. The molecule has 0 aliphatic carbocycles. The van der Waals surface area contributed by atoms with Crippen LogP contribution in [0, 0.1) is 0 Å². The summed E-state index contributed by atoms with van der Waals surface area (Å²) in [6, 6.07) is 0. The Kier molecular flexibility index (Phi) is 4.29. The van der Waals surface area contributed by atoms with Crippen LogP contribution in [0.3, 0.4) is 0 Å². The van der Waals surface area contributed by atoms with Crippen LogP contribution in [0.1, 0.15) is 5.76 Å². The van der Waals surface area contributed by atoms with Crippen molar-refractivity contribution in [2.24, 2.45) is 5.73 Å². The summed E-state index contributed by atoms with van der Waals surface area (Å²) in [5.74, 6) is -2.20. The molecule has 1 aromatic heterocycles. The topological polar surface area (TPSA) is 150 Å². The molecule has 108 valence electrons. The van der Waals surface area contributed by atoms with Crippen molar-refractivity contribution in [1.29, 1.82) is 0 Å². The molecule has 0 fully saturated rings. The van der Waals surface area contributed by atoms with Gasteiger partial charge >= 0.3 is 10.1 Å². The van der Waals surface area contributed by atoms with Gasteiger partial charge in [-0.1, -0.05) is 0 Å². The first-order valence-corrected chi connectivity index (χ1v) is 8.90. The zero-order valence-electron chi connectivity index (χ0n) is 9.62. The maximum absolute atomic E-state index is 11.5. The van der Waals surface area contributed by atoms with Gasteiger partial charge in [-0.2, -0.15) is 8.42 Å². The Morgan fingerprint density at radius 1 is 1.42 bits per heavy atom. The fraction of sp³-hybridized carbons (Fsp3) is 0.286. The highest BCUT2D eigenvalue weighted by atomic mass is 79.9. The van der Waals surface area contributed by atoms with Gasteiger partial charge in [-0.3, -0.25) is 4.79 Å². The minimum Gasteiger partial charge on any atom is -0.365 e. The maximum atomic E-state index is 11.5. The van der Waals surface area contributed by atoms with Gasteiger partial charge in [0.15, 0.2) is 4.86 Å². The summed E-state index contributed by atoms with van der Waals surface area (Å²) in [5, 5.41) is 3.23. The van der Waals surface area contributed by atoms with Gasteiger partial charge in [0.2, 0.25) is 5.76 Å². The Bertz CT molecular complexity index is 733. The molecule has 0 spiro atoms. The molecule has 1 atom stereocenters. The predicted molar refractivity (Wildman–Crippen MR) is 69.7 cm³/mol. The number of amides is 1. The largest absolute Gasteiger partial charge is 0.365 e. The quantitative estimate of drug-likeness (QED) is 0.392. The van der Waals surface area contributed by atoms with E-state index in [9.17, 15) is 22.0 Å². The number of halogens is 1. The van der Waals surface area contributed by atoms with E-state index < -0.39 is 42.3 Å². The minimum absolute atomic E-state index is 0.213. The van der Waals surface area contributed by atoms with E-state index in [0.717, 1.165) is 12.5 Å². The van der Waals surface area contributed by atoms with Gasteiger partial charge in [-0.25, -0.2) is 4.21 Å². The molecule has 0 bridgehead atoms. The molecular formula is C7H9BrN2O7S2. The fourth-order valence-corrected chi connectivity index (χ4v) is 2.99. The van der Waals surface area contributed by atoms with Gasteiger partial charge in [0.1, 0.15) is 4.47 Å². The molecule has 1 aromatic rings. The summed E-state index contributed by atoms with van der Waals surface area (Å²) in [7, 11) is -7.63. The van der Waals surface area contributed by atoms with E-state index in [-0.39, 0.29) is 4.47 Å². The molecule has 0 aliphatic heterocycles. The highest BCUT2D eigenvalue weighted by molar-refractivity contribution is 9.10. The third-order valence-electron chi connectivity index (χ3n) is 1.65. The molecule has 1 amide bonds. The molecule has 0 saturated carbocycles. The highest BCUT2D eigenvalue weighted by Crippen LogP contribution is 2.29. The van der Waals surface area contributed by atoms with E-state index >= 15 is 0 Å². The van der Waals surface area contributed by atoms with Crippen LogP contribution in [0.2, 0.25) is 0 Å². The van der Waals surface area contributed by atoms with Crippen molar-refractivity contribution in [3.05, 3.63) is 10.2 Å². The van der Waals surface area contributed by atoms with E-state index in [0.29, 0.717) is 0 Å². The zero-order valence-corrected chi connectivity index (χ0v) is 12.8. The molecular weight excluding hydrogens is 368 g/mol. The lowest BCUT2D eigenvalue weighted by atomic mass is 10.3. The standard InChI is InChI=1S/C7H9BrN2O7S2/c1-18(12,13)5(6(9)11)4-3(8)7(10-16-4)17-19(2,14)15/h1-2H3,(H2,9,11)(H,12,13). The molecule has 0 aliphatic rings. The van der Waals surface area contributed by atoms with Crippen LogP contribution in [0.4, 0.5) is 0 Å². The van der Waals surface area contributed by atoms with Crippen molar-refractivity contribution in [3.8, 4) is 5.88 Å². The van der Waals surface area contributed by atoms with Gasteiger partial charge in [0.25, 0.3) is 11.8 Å². The predicted octanol–water partition coefficient (Wildman–Crippen LogP) is -0.831. The van der Waals surface area contributed by atoms with Crippen LogP contribution in [0.15, 0.2) is 9.00 Å². The number of primary amides is 1. The Hall–Kier alpha value is -1.11. The zero-order chi connectivity index (χ0) is 15.0. The first kappa shape index (κ1) is 15.9. The second kappa shape index (κ2) is 5.11. The lowest BCUT2D eigenvalue weighted by Gasteiger charge is -2.02. The van der Waals surface area contributed by atoms with Crippen LogP contribution in [0.5, 0.6) is 5.88 Å². The maximum Gasteiger partial charge on any atom is 0.307 e. The fourth-order valence-electron chi connectivity index (χ4n) is 1.07. The van der Waals surface area contributed by atoms with Crippen LogP contribution in [-0.4, -0.2) is 45.6 Å². The van der Waals surface area contributed by atoms with Gasteiger partial charge < -0.3 is 19.0 Å². The van der Waals surface area contributed by atoms with Gasteiger partial charge in [-0.05, 0) is 21.1 Å². The first-order valence-electron chi connectivity index (χ1n) is 4.37. The molecule has 0 aromatic carbocycles. The number of hydrogen-bond donors (Lipinski definition) is 2. The van der Waals surface area contributed by atoms with E-state index in [4.69, 9.17) is 5.73 Å². The van der Waals surface area contributed by atoms with Crippen LogP contribution < -0.4 is 9.92 Å². The van der Waals surface area contributed by atoms with E-state index in [1.807, 2.05) is 0 Å². The average Bonchev–Trinajstić information content (AvgIpc) is 2.45. The van der Waals surface area contributed by atoms with Crippen molar-refractivity contribution in [3.63, 3.8) is 0 Å². The number of carbonyl (C=O) groups excluding carboxylic acids is 1. The molecule has 1 heterocycles. The first-order chi connectivity index (χ1) is 8.43. The third-order valence-corrected chi connectivity index (χ3v) is 3.95. The van der Waals surface area contributed by atoms with E-state index in [2.05, 4.69) is 29.8 Å². The summed E-state index contributed by atoms with van der Waals surface area (Å²) in [6.45, 7) is 0. The SMILES string of the molecule is CS(=O)(=O)Oc1noc(C(C(N)=O)=S(C)(=O)O)c1Br. The molecule has 9 nitrogen and oxygen atoms in total. The van der Waals surface area contributed by atoms with Crippen molar-refractivity contribution in [2.75, 3.05) is 12.5 Å². The van der Waals surface area contributed by atoms with Crippen molar-refractivity contribution >= 4 is 46.6 Å². The molecule has 3 N–H and O–H groups in total. The number of nitrogens with two attached hydrogens (primary N) is 1. The Labute approximate surface area is 117 Å². The normalized spacial score (nSPS) is 14.7. The van der Waals surface area contributed by atoms with Crippen molar-refractivity contribution in [1.82, 2.24) is 5.16 Å². The van der Waals surface area contributed by atoms with Crippen LogP contribution in [0.25, 0.3) is 0 Å². The summed E-state index contributed by atoms with van der Waals surface area (Å²) < 4.78 is 51.6. The smallest absolute Gasteiger partial charge is 0.307 e. The van der Waals surface area contributed by atoms with Gasteiger partial charge in [-0.15, -0.1) is 0 Å². The molecule has 0 radical (unpaired) electrons. The second-order valence-electron chi connectivity index (χ2n) is 3.41. The molecule has 1 unspecified atom stereocenters.